The maximum absolute atomic E-state index is 6.34. The monoisotopic (exact) mass is 354 g/mol. The molecule has 0 saturated carbocycles. The SMILES string of the molecule is NCCCn1nc(-c2ccc(Cl)c(Cl)c2Cl)c2cnccc21. The standard InChI is InChI=1S/C15H13Cl3N4/c16-11-3-2-9(13(17)14(11)18)15-10-8-20-6-4-12(10)22(21-15)7-1-5-19/h2-4,6,8H,1,5,7,19H2. The van der Waals surface area contributed by atoms with Crippen molar-refractivity contribution < 1.29 is 0 Å². The Morgan fingerprint density at radius 3 is 2.68 bits per heavy atom. The number of halogens is 3. The highest BCUT2D eigenvalue weighted by molar-refractivity contribution is 6.49. The first kappa shape index (κ1) is 15.6. The van der Waals surface area contributed by atoms with Crippen LogP contribution in [-0.4, -0.2) is 21.3 Å². The van der Waals surface area contributed by atoms with E-state index in [-0.39, 0.29) is 0 Å². The summed E-state index contributed by atoms with van der Waals surface area (Å²) in [5.74, 6) is 0. The lowest BCUT2D eigenvalue weighted by molar-refractivity contribution is 0.604. The molecule has 0 fully saturated rings. The topological polar surface area (TPSA) is 56.7 Å². The third kappa shape index (κ3) is 2.68. The second-order valence-corrected chi connectivity index (χ2v) is 5.99. The number of rotatable bonds is 4. The summed E-state index contributed by atoms with van der Waals surface area (Å²) in [6.45, 7) is 1.34. The van der Waals surface area contributed by atoms with Crippen LogP contribution in [0.1, 0.15) is 6.42 Å². The number of hydrogen-bond donors (Lipinski definition) is 1. The number of benzene rings is 1. The number of hydrogen-bond acceptors (Lipinski definition) is 3. The maximum Gasteiger partial charge on any atom is 0.103 e. The average molecular weight is 356 g/mol. The van der Waals surface area contributed by atoms with Gasteiger partial charge in [0.05, 0.1) is 20.6 Å². The van der Waals surface area contributed by atoms with Crippen molar-refractivity contribution in [3.05, 3.63) is 45.7 Å². The zero-order valence-electron chi connectivity index (χ0n) is 11.6. The fraction of sp³-hybridized carbons (Fsp3) is 0.200. The molecule has 0 aliphatic rings. The second kappa shape index (κ2) is 6.42. The highest BCUT2D eigenvalue weighted by Gasteiger charge is 2.17. The van der Waals surface area contributed by atoms with E-state index in [0.29, 0.717) is 21.6 Å². The van der Waals surface area contributed by atoms with Gasteiger partial charge in [0.15, 0.2) is 0 Å². The van der Waals surface area contributed by atoms with Crippen molar-refractivity contribution >= 4 is 45.7 Å². The van der Waals surface area contributed by atoms with Gasteiger partial charge in [0, 0.05) is 29.9 Å². The van der Waals surface area contributed by atoms with Crippen LogP contribution in [0.25, 0.3) is 22.2 Å². The van der Waals surface area contributed by atoms with E-state index in [2.05, 4.69) is 10.1 Å². The molecule has 2 heterocycles. The molecular weight excluding hydrogens is 343 g/mol. The molecule has 3 aromatic rings. The zero-order valence-corrected chi connectivity index (χ0v) is 13.8. The normalized spacial score (nSPS) is 11.3. The van der Waals surface area contributed by atoms with Crippen molar-refractivity contribution in [1.29, 1.82) is 0 Å². The highest BCUT2D eigenvalue weighted by Crippen LogP contribution is 2.39. The van der Waals surface area contributed by atoms with Crippen LogP contribution in [0, 0.1) is 0 Å². The van der Waals surface area contributed by atoms with Crippen molar-refractivity contribution in [1.82, 2.24) is 14.8 Å². The van der Waals surface area contributed by atoms with Crippen LogP contribution in [0.5, 0.6) is 0 Å². The lowest BCUT2D eigenvalue weighted by atomic mass is 10.1. The predicted molar refractivity (Wildman–Crippen MR) is 91.7 cm³/mol. The Hall–Kier alpha value is -1.33. The van der Waals surface area contributed by atoms with Gasteiger partial charge in [-0.05, 0) is 31.2 Å². The number of fused-ring (bicyclic) bond motifs is 1. The van der Waals surface area contributed by atoms with Gasteiger partial charge in [0.2, 0.25) is 0 Å². The zero-order chi connectivity index (χ0) is 15.7. The van der Waals surface area contributed by atoms with E-state index < -0.39 is 0 Å². The number of aryl methyl sites for hydroxylation is 1. The van der Waals surface area contributed by atoms with Gasteiger partial charge < -0.3 is 5.73 Å². The second-order valence-electron chi connectivity index (χ2n) is 4.83. The first-order valence-electron chi connectivity index (χ1n) is 6.78. The Balaban J connectivity index is 2.21. The summed E-state index contributed by atoms with van der Waals surface area (Å²) in [5.41, 5.74) is 8.06. The van der Waals surface area contributed by atoms with E-state index >= 15 is 0 Å². The van der Waals surface area contributed by atoms with Crippen LogP contribution in [0.15, 0.2) is 30.6 Å². The molecule has 22 heavy (non-hydrogen) atoms. The van der Waals surface area contributed by atoms with E-state index in [4.69, 9.17) is 40.5 Å². The molecule has 0 amide bonds. The minimum atomic E-state index is 0.328. The van der Waals surface area contributed by atoms with Gasteiger partial charge in [-0.3, -0.25) is 9.67 Å². The molecule has 0 aliphatic carbocycles. The molecule has 0 saturated heterocycles. The van der Waals surface area contributed by atoms with E-state index in [1.54, 1.807) is 18.5 Å². The van der Waals surface area contributed by atoms with Crippen LogP contribution in [0.3, 0.4) is 0 Å². The molecule has 3 rings (SSSR count). The maximum atomic E-state index is 6.34. The summed E-state index contributed by atoms with van der Waals surface area (Å²) >= 11 is 18.5. The first-order chi connectivity index (χ1) is 10.6. The largest absolute Gasteiger partial charge is 0.330 e. The van der Waals surface area contributed by atoms with E-state index in [0.717, 1.165) is 35.1 Å². The lowest BCUT2D eigenvalue weighted by Gasteiger charge is -2.05. The van der Waals surface area contributed by atoms with Gasteiger partial charge >= 0.3 is 0 Å². The third-order valence-corrected chi connectivity index (χ3v) is 4.71. The molecular formula is C15H13Cl3N4. The quantitative estimate of drug-likeness (QED) is 0.705. The smallest absolute Gasteiger partial charge is 0.103 e. The molecule has 0 unspecified atom stereocenters. The number of aromatic nitrogens is 3. The van der Waals surface area contributed by atoms with Crippen molar-refractivity contribution in [3.63, 3.8) is 0 Å². The molecule has 0 radical (unpaired) electrons. The first-order valence-corrected chi connectivity index (χ1v) is 7.91. The van der Waals surface area contributed by atoms with E-state index in [1.165, 1.54) is 0 Å². The molecule has 0 aliphatic heterocycles. The predicted octanol–water partition coefficient (Wildman–Crippen LogP) is 4.41. The van der Waals surface area contributed by atoms with Gasteiger partial charge in [-0.25, -0.2) is 0 Å². The molecule has 2 N–H and O–H groups in total. The van der Waals surface area contributed by atoms with Crippen molar-refractivity contribution in [2.24, 2.45) is 5.73 Å². The fourth-order valence-electron chi connectivity index (χ4n) is 2.34. The van der Waals surface area contributed by atoms with Gasteiger partial charge in [0.1, 0.15) is 5.69 Å². The van der Waals surface area contributed by atoms with Gasteiger partial charge in [-0.1, -0.05) is 34.8 Å². The molecule has 0 atom stereocenters. The molecule has 114 valence electrons. The van der Waals surface area contributed by atoms with E-state index in [9.17, 15) is 0 Å². The lowest BCUT2D eigenvalue weighted by Crippen LogP contribution is -2.06. The Morgan fingerprint density at radius 2 is 1.91 bits per heavy atom. The summed E-state index contributed by atoms with van der Waals surface area (Å²) in [4.78, 5) is 4.18. The van der Waals surface area contributed by atoms with Crippen LogP contribution in [-0.2, 0) is 6.54 Å². The molecule has 0 spiro atoms. The van der Waals surface area contributed by atoms with Crippen LogP contribution < -0.4 is 5.73 Å². The summed E-state index contributed by atoms with van der Waals surface area (Å²) in [5, 5.41) is 6.72. The number of nitrogens with zero attached hydrogens (tertiary/aromatic N) is 3. The van der Waals surface area contributed by atoms with Crippen molar-refractivity contribution in [2.45, 2.75) is 13.0 Å². The minimum absolute atomic E-state index is 0.328. The van der Waals surface area contributed by atoms with Crippen molar-refractivity contribution in [3.8, 4) is 11.3 Å². The Morgan fingerprint density at radius 1 is 1.09 bits per heavy atom. The molecule has 2 aromatic heterocycles. The van der Waals surface area contributed by atoms with E-state index in [1.807, 2.05) is 16.8 Å². The summed E-state index contributed by atoms with van der Waals surface area (Å²) in [7, 11) is 0. The summed E-state index contributed by atoms with van der Waals surface area (Å²) in [6, 6.07) is 5.46. The highest BCUT2D eigenvalue weighted by atomic mass is 35.5. The number of nitrogens with two attached hydrogens (primary N) is 1. The van der Waals surface area contributed by atoms with Crippen molar-refractivity contribution in [2.75, 3.05) is 6.54 Å². The van der Waals surface area contributed by atoms with Gasteiger partial charge in [-0.15, -0.1) is 0 Å². The average Bonchev–Trinajstić information content (AvgIpc) is 2.90. The molecule has 7 heteroatoms. The van der Waals surface area contributed by atoms with Gasteiger partial charge in [0.25, 0.3) is 0 Å². The van der Waals surface area contributed by atoms with Crippen LogP contribution >= 0.6 is 34.8 Å². The van der Waals surface area contributed by atoms with Gasteiger partial charge in [-0.2, -0.15) is 5.10 Å². The Labute approximate surface area is 142 Å². The third-order valence-electron chi connectivity index (χ3n) is 3.42. The Kier molecular flexibility index (Phi) is 4.54. The summed E-state index contributed by atoms with van der Waals surface area (Å²) in [6.07, 6.45) is 4.35. The van der Waals surface area contributed by atoms with Crippen LogP contribution in [0.2, 0.25) is 15.1 Å². The fourth-order valence-corrected chi connectivity index (χ4v) is 2.97. The minimum Gasteiger partial charge on any atom is -0.330 e. The molecule has 1 aromatic carbocycles. The Bertz CT molecular complexity index is 829. The number of pyridine rings is 1. The molecule has 0 bridgehead atoms. The van der Waals surface area contributed by atoms with Crippen LogP contribution in [0.4, 0.5) is 0 Å². The molecule has 4 nitrogen and oxygen atoms in total. The summed E-state index contributed by atoms with van der Waals surface area (Å²) < 4.78 is 1.91.